The maximum atomic E-state index is 13.2. The van der Waals surface area contributed by atoms with E-state index in [4.69, 9.17) is 5.84 Å². The van der Waals surface area contributed by atoms with E-state index in [1.807, 2.05) is 5.38 Å². The second-order valence-electron chi connectivity index (χ2n) is 6.66. The molecule has 0 spiro atoms. The Labute approximate surface area is 165 Å². The molecule has 1 aliphatic heterocycles. The summed E-state index contributed by atoms with van der Waals surface area (Å²) in [5.74, 6) is 6.60. The van der Waals surface area contributed by atoms with Crippen LogP contribution in [0, 0.1) is 5.82 Å². The number of fused-ring (bicyclic) bond motifs is 1. The standard InChI is InChI=1S/C19H21FN4OS2/c20-14-6-4-13(5-7-14)15-12-27-17-16(15)18(25)24(21)19(22-17)26-11-10-23-8-2-1-3-9-23/h4-7,12H,1-3,8-11,21H2. The van der Waals surface area contributed by atoms with Crippen LogP contribution < -0.4 is 11.4 Å². The topological polar surface area (TPSA) is 64.2 Å². The molecule has 142 valence electrons. The van der Waals surface area contributed by atoms with Crippen molar-refractivity contribution in [1.29, 1.82) is 0 Å². The minimum atomic E-state index is -0.306. The van der Waals surface area contributed by atoms with Gasteiger partial charge in [0, 0.05) is 23.2 Å². The average Bonchev–Trinajstić information content (AvgIpc) is 3.11. The molecule has 27 heavy (non-hydrogen) atoms. The predicted molar refractivity (Wildman–Crippen MR) is 110 cm³/mol. The van der Waals surface area contributed by atoms with Gasteiger partial charge in [0.1, 0.15) is 10.6 Å². The highest BCUT2D eigenvalue weighted by molar-refractivity contribution is 7.99. The van der Waals surface area contributed by atoms with Crippen molar-refractivity contribution in [3.05, 3.63) is 45.8 Å². The minimum Gasteiger partial charge on any atom is -0.334 e. The first-order chi connectivity index (χ1) is 13.1. The average molecular weight is 405 g/mol. The quantitative estimate of drug-likeness (QED) is 0.400. The lowest BCUT2D eigenvalue weighted by Gasteiger charge is -2.26. The molecule has 1 aliphatic rings. The number of nitrogens with zero attached hydrogens (tertiary/aromatic N) is 3. The summed E-state index contributed by atoms with van der Waals surface area (Å²) in [5, 5.41) is 2.92. The number of piperidine rings is 1. The number of aromatic nitrogens is 2. The molecule has 1 aromatic carbocycles. The molecule has 1 saturated heterocycles. The molecule has 0 aliphatic carbocycles. The van der Waals surface area contributed by atoms with E-state index < -0.39 is 0 Å². The Hall–Kier alpha value is -1.90. The molecule has 0 amide bonds. The van der Waals surface area contributed by atoms with Crippen LogP contribution in [0.5, 0.6) is 0 Å². The number of likely N-dealkylation sites (tertiary alicyclic amines) is 1. The Balaban J connectivity index is 1.58. The Morgan fingerprint density at radius 3 is 2.67 bits per heavy atom. The number of benzene rings is 1. The smallest absolute Gasteiger partial charge is 0.282 e. The molecule has 0 atom stereocenters. The van der Waals surface area contributed by atoms with Gasteiger partial charge in [-0.3, -0.25) is 4.79 Å². The van der Waals surface area contributed by atoms with Crippen LogP contribution in [0.4, 0.5) is 4.39 Å². The van der Waals surface area contributed by atoms with Crippen LogP contribution in [0.3, 0.4) is 0 Å². The molecule has 4 rings (SSSR count). The van der Waals surface area contributed by atoms with Gasteiger partial charge in [-0.2, -0.15) is 0 Å². The van der Waals surface area contributed by atoms with Crippen molar-refractivity contribution in [1.82, 2.24) is 14.6 Å². The van der Waals surface area contributed by atoms with E-state index in [0.717, 1.165) is 41.2 Å². The normalized spacial score (nSPS) is 15.4. The summed E-state index contributed by atoms with van der Waals surface area (Å²) in [7, 11) is 0. The second kappa shape index (κ2) is 8.00. The summed E-state index contributed by atoms with van der Waals surface area (Å²) in [4.78, 5) is 20.6. The molecule has 0 bridgehead atoms. The lowest BCUT2D eigenvalue weighted by Crippen LogP contribution is -2.32. The van der Waals surface area contributed by atoms with Gasteiger partial charge in [-0.05, 0) is 43.6 Å². The van der Waals surface area contributed by atoms with Gasteiger partial charge < -0.3 is 10.7 Å². The van der Waals surface area contributed by atoms with Crippen molar-refractivity contribution in [3.63, 3.8) is 0 Å². The summed E-state index contributed by atoms with van der Waals surface area (Å²) >= 11 is 2.93. The van der Waals surface area contributed by atoms with E-state index in [-0.39, 0.29) is 11.4 Å². The predicted octanol–water partition coefficient (Wildman–Crippen LogP) is 3.56. The van der Waals surface area contributed by atoms with Crippen molar-refractivity contribution >= 4 is 33.3 Å². The Morgan fingerprint density at radius 2 is 1.93 bits per heavy atom. The van der Waals surface area contributed by atoms with Crippen LogP contribution in [-0.4, -0.2) is 39.9 Å². The van der Waals surface area contributed by atoms with E-state index >= 15 is 0 Å². The van der Waals surface area contributed by atoms with Crippen molar-refractivity contribution < 1.29 is 4.39 Å². The number of hydrogen-bond acceptors (Lipinski definition) is 6. The third-order valence-corrected chi connectivity index (χ3v) is 6.66. The number of thiophene rings is 1. The molecule has 5 nitrogen and oxygen atoms in total. The highest BCUT2D eigenvalue weighted by Crippen LogP contribution is 2.32. The molecular formula is C19H21FN4OS2. The fourth-order valence-corrected chi connectivity index (χ4v) is 5.28. The van der Waals surface area contributed by atoms with Crippen molar-refractivity contribution in [2.45, 2.75) is 24.4 Å². The maximum absolute atomic E-state index is 13.2. The van der Waals surface area contributed by atoms with Gasteiger partial charge in [0.25, 0.3) is 5.56 Å². The van der Waals surface area contributed by atoms with E-state index in [1.54, 1.807) is 12.1 Å². The first kappa shape index (κ1) is 18.5. The number of nitrogen functional groups attached to an aromatic ring is 1. The fraction of sp³-hybridized carbons (Fsp3) is 0.368. The SMILES string of the molecule is Nn1c(SCCN2CCCCC2)nc2scc(-c3ccc(F)cc3)c2c1=O. The van der Waals surface area contributed by atoms with E-state index in [0.29, 0.717) is 15.4 Å². The minimum absolute atomic E-state index is 0.263. The number of halogens is 1. The van der Waals surface area contributed by atoms with Gasteiger partial charge in [-0.1, -0.05) is 30.3 Å². The Bertz CT molecular complexity index is 993. The number of nitrogens with two attached hydrogens (primary N) is 1. The molecule has 1 fully saturated rings. The Kier molecular flexibility index (Phi) is 5.47. The zero-order valence-electron chi connectivity index (χ0n) is 14.9. The summed E-state index contributed by atoms with van der Waals surface area (Å²) in [5.41, 5.74) is 1.27. The molecule has 2 N–H and O–H groups in total. The van der Waals surface area contributed by atoms with Crippen LogP contribution in [0.1, 0.15) is 19.3 Å². The fourth-order valence-electron chi connectivity index (χ4n) is 3.38. The van der Waals surface area contributed by atoms with Crippen LogP contribution in [0.25, 0.3) is 21.3 Å². The zero-order chi connectivity index (χ0) is 18.8. The molecule has 2 aromatic heterocycles. The number of hydrogen-bond donors (Lipinski definition) is 1. The van der Waals surface area contributed by atoms with Crippen molar-refractivity contribution in [2.24, 2.45) is 0 Å². The van der Waals surface area contributed by atoms with Crippen LogP contribution in [0.2, 0.25) is 0 Å². The monoisotopic (exact) mass is 404 g/mol. The highest BCUT2D eigenvalue weighted by atomic mass is 32.2. The Morgan fingerprint density at radius 1 is 1.19 bits per heavy atom. The van der Waals surface area contributed by atoms with Crippen LogP contribution >= 0.6 is 23.1 Å². The van der Waals surface area contributed by atoms with Gasteiger partial charge >= 0.3 is 0 Å². The van der Waals surface area contributed by atoms with E-state index in [1.165, 1.54) is 54.5 Å². The van der Waals surface area contributed by atoms with Gasteiger partial charge in [-0.15, -0.1) is 11.3 Å². The largest absolute Gasteiger partial charge is 0.334 e. The number of thioether (sulfide) groups is 1. The molecule has 8 heteroatoms. The molecule has 3 aromatic rings. The molecule has 0 saturated carbocycles. The first-order valence-corrected chi connectivity index (χ1v) is 10.9. The third-order valence-electron chi connectivity index (χ3n) is 4.85. The van der Waals surface area contributed by atoms with E-state index in [2.05, 4.69) is 9.88 Å². The molecule has 3 heterocycles. The zero-order valence-corrected chi connectivity index (χ0v) is 16.5. The van der Waals surface area contributed by atoms with Crippen molar-refractivity contribution in [3.8, 4) is 11.1 Å². The van der Waals surface area contributed by atoms with Gasteiger partial charge in [-0.25, -0.2) is 14.1 Å². The lowest BCUT2D eigenvalue weighted by molar-refractivity contribution is 0.242. The first-order valence-electron chi connectivity index (χ1n) is 9.04. The van der Waals surface area contributed by atoms with Crippen molar-refractivity contribution in [2.75, 3.05) is 31.2 Å². The second-order valence-corrected chi connectivity index (χ2v) is 8.58. The van der Waals surface area contributed by atoms with Gasteiger partial charge in [0.15, 0.2) is 5.16 Å². The maximum Gasteiger partial charge on any atom is 0.282 e. The van der Waals surface area contributed by atoms with Crippen LogP contribution in [0.15, 0.2) is 39.6 Å². The summed E-state index contributed by atoms with van der Waals surface area (Å²) in [6, 6.07) is 6.10. The molecule has 0 unspecified atom stereocenters. The van der Waals surface area contributed by atoms with Gasteiger partial charge in [0.2, 0.25) is 0 Å². The third kappa shape index (κ3) is 3.88. The summed E-state index contributed by atoms with van der Waals surface area (Å²) in [6.45, 7) is 3.27. The van der Waals surface area contributed by atoms with Crippen LogP contribution in [-0.2, 0) is 0 Å². The number of rotatable bonds is 5. The molecule has 0 radical (unpaired) electrons. The highest BCUT2D eigenvalue weighted by Gasteiger charge is 2.17. The molecular weight excluding hydrogens is 383 g/mol. The summed E-state index contributed by atoms with van der Waals surface area (Å²) in [6.07, 6.45) is 3.84. The van der Waals surface area contributed by atoms with E-state index in [9.17, 15) is 9.18 Å². The van der Waals surface area contributed by atoms with Gasteiger partial charge in [0.05, 0.1) is 5.39 Å². The lowest BCUT2D eigenvalue weighted by atomic mass is 10.1. The summed E-state index contributed by atoms with van der Waals surface area (Å²) < 4.78 is 14.3.